The van der Waals surface area contributed by atoms with Crippen LogP contribution in [0, 0.1) is 0 Å². The molecule has 0 aromatic carbocycles. The lowest BCUT2D eigenvalue weighted by Crippen LogP contribution is -2.52. The second-order valence-corrected chi connectivity index (χ2v) is 5.13. The lowest BCUT2D eigenvalue weighted by Gasteiger charge is -2.18. The van der Waals surface area contributed by atoms with E-state index in [4.69, 9.17) is 15.6 Å². The van der Waals surface area contributed by atoms with E-state index in [1.807, 2.05) is 0 Å². The van der Waals surface area contributed by atoms with Gasteiger partial charge in [0.1, 0.15) is 12.1 Å². The zero-order valence-corrected chi connectivity index (χ0v) is 13.5. The molecule has 0 rings (SSSR count). The minimum atomic E-state index is -1.28. The number of ether oxygens (including phenoxy) is 1. The summed E-state index contributed by atoms with van der Waals surface area (Å²) in [6.07, 6.45) is 2.39. The van der Waals surface area contributed by atoms with Crippen LogP contribution in [0.5, 0.6) is 0 Å². The van der Waals surface area contributed by atoms with Gasteiger partial charge in [0.05, 0.1) is 13.0 Å². The summed E-state index contributed by atoms with van der Waals surface area (Å²) in [5.74, 6) is -2.87. The van der Waals surface area contributed by atoms with Crippen LogP contribution in [0.25, 0.3) is 0 Å². The molecule has 5 N–H and O–H groups in total. The molecular weight excluding hydrogens is 306 g/mol. The number of aliphatic carboxylic acids is 1. The number of nitrogens with two attached hydrogens (primary N) is 1. The molecule has 0 aliphatic heterocycles. The van der Waals surface area contributed by atoms with Crippen LogP contribution in [-0.4, -0.2) is 47.7 Å². The van der Waals surface area contributed by atoms with Crippen molar-refractivity contribution in [2.45, 2.75) is 58.0 Å². The van der Waals surface area contributed by atoms with Crippen LogP contribution in [0.4, 0.5) is 4.79 Å². The normalized spacial score (nSPS) is 12.8. The van der Waals surface area contributed by atoms with Crippen LogP contribution < -0.4 is 16.4 Å². The Balaban J connectivity index is 4.42. The predicted molar refractivity (Wildman–Crippen MR) is 81.5 cm³/mol. The molecule has 3 amide bonds. The highest BCUT2D eigenvalue weighted by atomic mass is 16.5. The van der Waals surface area contributed by atoms with Crippen molar-refractivity contribution < 1.29 is 29.0 Å². The van der Waals surface area contributed by atoms with Gasteiger partial charge in [-0.15, -0.1) is 0 Å². The van der Waals surface area contributed by atoms with E-state index in [1.54, 1.807) is 0 Å². The van der Waals surface area contributed by atoms with Gasteiger partial charge in [-0.3, -0.25) is 14.4 Å². The highest BCUT2D eigenvalue weighted by Crippen LogP contribution is 2.00. The number of carboxylic acid groups (broad SMARTS) is 1. The molecule has 0 bridgehead atoms. The summed E-state index contributed by atoms with van der Waals surface area (Å²) in [6, 6.07) is -2.44. The fraction of sp³-hybridized carbons (Fsp3) is 0.714. The molecule has 0 heterocycles. The molecule has 2 atom stereocenters. The number of unbranched alkanes of at least 4 members (excludes halogenated alkanes) is 3. The molecule has 0 fully saturated rings. The Labute approximate surface area is 134 Å². The summed E-state index contributed by atoms with van der Waals surface area (Å²) < 4.78 is 4.90. The maximum Gasteiger partial charge on any atom is 0.407 e. The summed E-state index contributed by atoms with van der Waals surface area (Å²) in [7, 11) is 0. The van der Waals surface area contributed by atoms with Crippen LogP contribution >= 0.6 is 0 Å². The molecule has 132 valence electrons. The van der Waals surface area contributed by atoms with Crippen molar-refractivity contribution >= 4 is 23.9 Å². The molecule has 2 unspecified atom stereocenters. The Morgan fingerprint density at radius 3 is 2.30 bits per heavy atom. The van der Waals surface area contributed by atoms with Crippen LogP contribution in [0.15, 0.2) is 0 Å². The lowest BCUT2D eigenvalue weighted by atomic mass is 10.1. The summed E-state index contributed by atoms with van der Waals surface area (Å²) in [6.45, 7) is 3.51. The monoisotopic (exact) mass is 331 g/mol. The van der Waals surface area contributed by atoms with Gasteiger partial charge in [0.2, 0.25) is 11.8 Å². The van der Waals surface area contributed by atoms with E-state index in [0.29, 0.717) is 6.42 Å². The molecule has 0 aromatic rings. The number of carboxylic acids is 1. The first-order valence-electron chi connectivity index (χ1n) is 7.52. The first-order chi connectivity index (χ1) is 10.8. The third-order valence-corrected chi connectivity index (χ3v) is 2.97. The molecule has 0 saturated heterocycles. The smallest absolute Gasteiger partial charge is 0.407 e. The van der Waals surface area contributed by atoms with Crippen LogP contribution in [0.1, 0.15) is 46.0 Å². The first kappa shape index (κ1) is 20.7. The number of hydrogen-bond acceptors (Lipinski definition) is 5. The van der Waals surface area contributed by atoms with Crippen molar-refractivity contribution in [2.24, 2.45) is 5.73 Å². The van der Waals surface area contributed by atoms with Crippen molar-refractivity contribution in [3.8, 4) is 0 Å². The molecule has 0 saturated carbocycles. The number of alkyl carbamates (subject to hydrolysis) is 1. The fourth-order valence-electron chi connectivity index (χ4n) is 1.66. The summed E-state index contributed by atoms with van der Waals surface area (Å²) in [5.41, 5.74) is 5.03. The third kappa shape index (κ3) is 10.1. The number of carbonyl (C=O) groups excluding carboxylic acids is 3. The summed E-state index contributed by atoms with van der Waals surface area (Å²) >= 11 is 0. The first-order valence-corrected chi connectivity index (χ1v) is 7.52. The van der Waals surface area contributed by atoms with E-state index >= 15 is 0 Å². The van der Waals surface area contributed by atoms with Gasteiger partial charge in [-0.2, -0.15) is 0 Å². The molecule has 0 aliphatic rings. The minimum Gasteiger partial charge on any atom is -0.480 e. The Morgan fingerprint density at radius 1 is 1.13 bits per heavy atom. The van der Waals surface area contributed by atoms with Gasteiger partial charge in [0.15, 0.2) is 0 Å². The van der Waals surface area contributed by atoms with Gasteiger partial charge in [0, 0.05) is 0 Å². The number of nitrogens with one attached hydrogen (secondary N) is 2. The second kappa shape index (κ2) is 11.3. The largest absolute Gasteiger partial charge is 0.480 e. The second-order valence-electron chi connectivity index (χ2n) is 5.13. The highest BCUT2D eigenvalue weighted by molar-refractivity contribution is 5.92. The molecule has 9 nitrogen and oxygen atoms in total. The van der Waals surface area contributed by atoms with Gasteiger partial charge in [-0.05, 0) is 13.3 Å². The Morgan fingerprint density at radius 2 is 1.78 bits per heavy atom. The number of rotatable bonds is 11. The van der Waals surface area contributed by atoms with Crippen molar-refractivity contribution in [1.29, 1.82) is 0 Å². The van der Waals surface area contributed by atoms with Crippen molar-refractivity contribution in [3.63, 3.8) is 0 Å². The Bertz CT molecular complexity index is 427. The Hall–Kier alpha value is -2.32. The number of primary amides is 1. The maximum atomic E-state index is 11.9. The average molecular weight is 331 g/mol. The zero-order chi connectivity index (χ0) is 17.8. The van der Waals surface area contributed by atoms with Crippen molar-refractivity contribution in [3.05, 3.63) is 0 Å². The van der Waals surface area contributed by atoms with Crippen LogP contribution in [0.3, 0.4) is 0 Å². The van der Waals surface area contributed by atoms with Crippen molar-refractivity contribution in [2.75, 3.05) is 6.61 Å². The van der Waals surface area contributed by atoms with Crippen LogP contribution in [0.2, 0.25) is 0 Å². The van der Waals surface area contributed by atoms with E-state index in [9.17, 15) is 19.2 Å². The van der Waals surface area contributed by atoms with E-state index in [2.05, 4.69) is 17.6 Å². The summed E-state index contributed by atoms with van der Waals surface area (Å²) in [5, 5.41) is 13.1. The highest BCUT2D eigenvalue weighted by Gasteiger charge is 2.26. The molecule has 9 heteroatoms. The molecule has 0 spiro atoms. The van der Waals surface area contributed by atoms with E-state index < -0.39 is 42.4 Å². The maximum absolute atomic E-state index is 11.9. The molecule has 0 aliphatic carbocycles. The van der Waals surface area contributed by atoms with Crippen molar-refractivity contribution in [1.82, 2.24) is 10.6 Å². The zero-order valence-electron chi connectivity index (χ0n) is 13.5. The Kier molecular flexibility index (Phi) is 10.1. The average Bonchev–Trinajstić information content (AvgIpc) is 2.45. The number of carbonyl (C=O) groups is 4. The van der Waals surface area contributed by atoms with Crippen LogP contribution in [-0.2, 0) is 19.1 Å². The SMILES string of the molecule is CCCCCCOC(=O)NC(CC(N)=O)C(=O)NC(C)C(=O)O. The van der Waals surface area contributed by atoms with Gasteiger partial charge in [-0.1, -0.05) is 26.2 Å². The minimum absolute atomic E-state index is 0.197. The van der Waals surface area contributed by atoms with Gasteiger partial charge >= 0.3 is 12.1 Å². The summed E-state index contributed by atoms with van der Waals surface area (Å²) in [4.78, 5) is 45.2. The molecule has 23 heavy (non-hydrogen) atoms. The third-order valence-electron chi connectivity index (χ3n) is 2.97. The number of hydrogen-bond donors (Lipinski definition) is 4. The predicted octanol–water partition coefficient (Wildman–Crippen LogP) is 0.126. The molecule has 0 radical (unpaired) electrons. The molecular formula is C14H25N3O6. The topological polar surface area (TPSA) is 148 Å². The number of amides is 3. The van der Waals surface area contributed by atoms with E-state index in [1.165, 1.54) is 6.92 Å². The van der Waals surface area contributed by atoms with Gasteiger partial charge < -0.3 is 26.2 Å². The lowest BCUT2D eigenvalue weighted by molar-refractivity contribution is -0.141. The van der Waals surface area contributed by atoms with Gasteiger partial charge in [-0.25, -0.2) is 4.79 Å². The van der Waals surface area contributed by atoms with E-state index in [-0.39, 0.29) is 6.61 Å². The quantitative estimate of drug-likeness (QED) is 0.395. The fourth-order valence-corrected chi connectivity index (χ4v) is 1.66. The van der Waals surface area contributed by atoms with E-state index in [0.717, 1.165) is 19.3 Å². The standard InChI is InChI=1S/C14H25N3O6/c1-3-4-5-6-7-23-14(22)17-10(8-11(15)18)12(19)16-9(2)13(20)21/h9-10H,3-8H2,1-2H3,(H2,15,18)(H,16,19)(H,17,22)(H,20,21). The molecule has 0 aromatic heterocycles. The van der Waals surface area contributed by atoms with Gasteiger partial charge in [0.25, 0.3) is 0 Å².